The van der Waals surface area contributed by atoms with Gasteiger partial charge in [-0.25, -0.2) is 0 Å². The Balaban J connectivity index is 4.55. The molecule has 0 aliphatic heterocycles. The van der Waals surface area contributed by atoms with E-state index in [1.54, 1.807) is 0 Å². The first-order chi connectivity index (χ1) is 5.58. The standard InChI is InChI=1S/C7H9NO3S/c1-4-6-8(7-5-2)12(9,10)11-3/h1-2H,6-7H2,3H3. The number of hydrogen-bond acceptors (Lipinski definition) is 3. The highest BCUT2D eigenvalue weighted by Gasteiger charge is 2.18. The molecule has 0 N–H and O–H groups in total. The summed E-state index contributed by atoms with van der Waals surface area (Å²) in [6.07, 6.45) is 9.86. The molecule has 4 nitrogen and oxygen atoms in total. The molecule has 0 saturated carbocycles. The fourth-order valence-electron chi connectivity index (χ4n) is 0.523. The molecular formula is C7H9NO3S. The fraction of sp³-hybridized carbons (Fsp3) is 0.429. The molecule has 0 unspecified atom stereocenters. The highest BCUT2D eigenvalue weighted by molar-refractivity contribution is 7.84. The minimum absolute atomic E-state index is 0.0830. The van der Waals surface area contributed by atoms with Crippen LogP contribution in [0.4, 0.5) is 0 Å². The monoisotopic (exact) mass is 187 g/mol. The summed E-state index contributed by atoms with van der Waals surface area (Å²) in [6.45, 7) is -0.166. The lowest BCUT2D eigenvalue weighted by Crippen LogP contribution is -2.32. The van der Waals surface area contributed by atoms with Gasteiger partial charge in [0.1, 0.15) is 0 Å². The predicted octanol–water partition coefficient (Wildman–Crippen LogP) is -0.554. The predicted molar refractivity (Wildman–Crippen MR) is 45.2 cm³/mol. The second-order valence-corrected chi connectivity index (χ2v) is 3.51. The van der Waals surface area contributed by atoms with Gasteiger partial charge in [-0.2, -0.15) is 12.7 Å². The molecule has 0 aromatic carbocycles. The van der Waals surface area contributed by atoms with Crippen LogP contribution >= 0.6 is 0 Å². The first-order valence-electron chi connectivity index (χ1n) is 3.01. The Bertz CT molecular complexity index is 291. The summed E-state index contributed by atoms with van der Waals surface area (Å²) in [7, 11) is -2.69. The molecule has 0 fully saturated rings. The molecule has 0 aliphatic carbocycles. The Kier molecular flexibility index (Phi) is 4.38. The van der Waals surface area contributed by atoms with E-state index < -0.39 is 10.3 Å². The van der Waals surface area contributed by atoms with Crippen molar-refractivity contribution in [1.29, 1.82) is 0 Å². The Morgan fingerprint density at radius 3 is 2.00 bits per heavy atom. The quantitative estimate of drug-likeness (QED) is 0.554. The van der Waals surface area contributed by atoms with Crippen molar-refractivity contribution in [3.63, 3.8) is 0 Å². The molecule has 5 heteroatoms. The summed E-state index contributed by atoms with van der Waals surface area (Å²) < 4.78 is 27.1. The molecule has 0 aliphatic rings. The third-order valence-corrected chi connectivity index (χ3v) is 2.37. The summed E-state index contributed by atoms with van der Waals surface area (Å²) in [5.74, 6) is 4.33. The lowest BCUT2D eigenvalue weighted by molar-refractivity contribution is 0.338. The van der Waals surface area contributed by atoms with Gasteiger partial charge in [-0.1, -0.05) is 11.8 Å². The SMILES string of the molecule is C#CCN(CC#C)S(=O)(=O)OC. The fourth-order valence-corrected chi connectivity index (χ4v) is 1.20. The van der Waals surface area contributed by atoms with Crippen molar-refractivity contribution < 1.29 is 12.6 Å². The highest BCUT2D eigenvalue weighted by atomic mass is 32.2. The molecule has 0 radical (unpaired) electrons. The largest absolute Gasteiger partial charge is 0.339 e. The first kappa shape index (κ1) is 11.0. The van der Waals surface area contributed by atoms with Gasteiger partial charge in [0.2, 0.25) is 0 Å². The Hall–Kier alpha value is -1.01. The Labute approximate surface area is 72.8 Å². The smallest absolute Gasteiger partial charge is 0.261 e. The van der Waals surface area contributed by atoms with E-state index in [4.69, 9.17) is 12.8 Å². The van der Waals surface area contributed by atoms with E-state index in [9.17, 15) is 8.42 Å². The Morgan fingerprint density at radius 1 is 1.33 bits per heavy atom. The lowest BCUT2D eigenvalue weighted by Gasteiger charge is -2.14. The van der Waals surface area contributed by atoms with Gasteiger partial charge in [0.25, 0.3) is 0 Å². The van der Waals surface area contributed by atoms with Crippen molar-refractivity contribution >= 4 is 10.3 Å². The maximum absolute atomic E-state index is 11.0. The van der Waals surface area contributed by atoms with Gasteiger partial charge < -0.3 is 0 Å². The van der Waals surface area contributed by atoms with Crippen LogP contribution in [0, 0.1) is 24.7 Å². The van der Waals surface area contributed by atoms with Gasteiger partial charge in [0.15, 0.2) is 0 Å². The maximum Gasteiger partial charge on any atom is 0.339 e. The van der Waals surface area contributed by atoms with Gasteiger partial charge in [0, 0.05) is 0 Å². The third kappa shape index (κ3) is 2.93. The van der Waals surface area contributed by atoms with Crippen molar-refractivity contribution in [2.24, 2.45) is 0 Å². The van der Waals surface area contributed by atoms with Gasteiger partial charge in [0.05, 0.1) is 20.2 Å². The molecule has 0 bridgehead atoms. The number of terminal acetylenes is 2. The van der Waals surface area contributed by atoms with Crippen LogP contribution < -0.4 is 0 Å². The Morgan fingerprint density at radius 2 is 1.75 bits per heavy atom. The normalized spacial score (nSPS) is 10.7. The van der Waals surface area contributed by atoms with E-state index in [0.29, 0.717) is 0 Å². The van der Waals surface area contributed by atoms with E-state index >= 15 is 0 Å². The van der Waals surface area contributed by atoms with Crippen LogP contribution in [-0.2, 0) is 14.5 Å². The van der Waals surface area contributed by atoms with Crippen LogP contribution in [0.2, 0.25) is 0 Å². The summed E-state index contributed by atoms with van der Waals surface area (Å²) in [5.41, 5.74) is 0. The van der Waals surface area contributed by atoms with E-state index in [2.05, 4.69) is 16.0 Å². The maximum atomic E-state index is 11.0. The van der Waals surface area contributed by atoms with Gasteiger partial charge in [-0.3, -0.25) is 4.18 Å². The van der Waals surface area contributed by atoms with E-state index in [-0.39, 0.29) is 13.1 Å². The molecule has 66 valence electrons. The number of hydrogen-bond donors (Lipinski definition) is 0. The lowest BCUT2D eigenvalue weighted by atomic mass is 10.6. The van der Waals surface area contributed by atoms with Gasteiger partial charge in [-0.05, 0) is 0 Å². The van der Waals surface area contributed by atoms with E-state index in [0.717, 1.165) is 11.4 Å². The molecular weight excluding hydrogens is 178 g/mol. The second-order valence-electron chi connectivity index (χ2n) is 1.80. The van der Waals surface area contributed by atoms with Crippen molar-refractivity contribution in [1.82, 2.24) is 4.31 Å². The number of nitrogens with zero attached hydrogens (tertiary/aromatic N) is 1. The average molecular weight is 187 g/mol. The first-order valence-corrected chi connectivity index (χ1v) is 4.37. The van der Waals surface area contributed by atoms with Crippen LogP contribution in [0.1, 0.15) is 0 Å². The zero-order valence-electron chi connectivity index (χ0n) is 6.65. The van der Waals surface area contributed by atoms with Crippen molar-refractivity contribution in [3.8, 4) is 24.7 Å². The molecule has 0 atom stereocenters. The molecule has 0 saturated heterocycles. The summed E-state index contributed by atoms with van der Waals surface area (Å²) >= 11 is 0. The van der Waals surface area contributed by atoms with Crippen LogP contribution in [0.5, 0.6) is 0 Å². The van der Waals surface area contributed by atoms with Gasteiger partial charge >= 0.3 is 10.3 Å². The molecule has 0 spiro atoms. The zero-order valence-corrected chi connectivity index (χ0v) is 7.47. The molecule has 0 aromatic heterocycles. The summed E-state index contributed by atoms with van der Waals surface area (Å²) in [4.78, 5) is 0. The second kappa shape index (κ2) is 4.78. The van der Waals surface area contributed by atoms with Crippen molar-refractivity contribution in [2.75, 3.05) is 20.2 Å². The highest BCUT2D eigenvalue weighted by Crippen LogP contribution is 1.99. The number of rotatable bonds is 4. The van der Waals surface area contributed by atoms with Crippen LogP contribution in [0.15, 0.2) is 0 Å². The van der Waals surface area contributed by atoms with Crippen molar-refractivity contribution in [2.45, 2.75) is 0 Å². The van der Waals surface area contributed by atoms with Crippen LogP contribution in [0.3, 0.4) is 0 Å². The minimum Gasteiger partial charge on any atom is -0.261 e. The molecule has 0 amide bonds. The molecule has 12 heavy (non-hydrogen) atoms. The van der Waals surface area contributed by atoms with Crippen molar-refractivity contribution in [3.05, 3.63) is 0 Å². The summed E-state index contributed by atoms with van der Waals surface area (Å²) in [5, 5.41) is 0. The van der Waals surface area contributed by atoms with Crippen LogP contribution in [0.25, 0.3) is 0 Å². The van der Waals surface area contributed by atoms with E-state index in [1.165, 1.54) is 0 Å². The minimum atomic E-state index is -3.74. The average Bonchev–Trinajstić information content (AvgIpc) is 2.04. The summed E-state index contributed by atoms with van der Waals surface area (Å²) in [6, 6.07) is 0. The third-order valence-electron chi connectivity index (χ3n) is 1.06. The molecule has 0 heterocycles. The molecule has 0 rings (SSSR count). The topological polar surface area (TPSA) is 46.6 Å². The van der Waals surface area contributed by atoms with Gasteiger partial charge in [-0.15, -0.1) is 12.8 Å². The zero-order chi connectivity index (χ0) is 9.61. The van der Waals surface area contributed by atoms with Crippen LogP contribution in [-0.4, -0.2) is 32.9 Å². The molecule has 0 aromatic rings. The van der Waals surface area contributed by atoms with E-state index in [1.807, 2.05) is 0 Å².